The minimum Gasteiger partial charge on any atom is -0.465 e. The van der Waals surface area contributed by atoms with Gasteiger partial charge in [-0.25, -0.2) is 9.59 Å². The smallest absolute Gasteiger partial charge is 0.355 e. The standard InChI is InChI=1S/C15H11N3O5/c1-22-14(20)10-8(7-16)13(19)18-12(15(21)23-2)11(10)9-5-3-4-6-17-9/h3-6H,1-2H3,(H,18,19). The molecule has 0 amide bonds. The number of nitrogens with zero attached hydrogens (tertiary/aromatic N) is 2. The van der Waals surface area contributed by atoms with Gasteiger partial charge >= 0.3 is 11.9 Å². The summed E-state index contributed by atoms with van der Waals surface area (Å²) < 4.78 is 9.27. The van der Waals surface area contributed by atoms with E-state index in [1.165, 1.54) is 12.3 Å². The highest BCUT2D eigenvalue weighted by Crippen LogP contribution is 2.27. The molecule has 2 heterocycles. The number of esters is 2. The van der Waals surface area contributed by atoms with Crippen molar-refractivity contribution in [2.45, 2.75) is 0 Å². The van der Waals surface area contributed by atoms with Crippen molar-refractivity contribution in [2.75, 3.05) is 14.2 Å². The van der Waals surface area contributed by atoms with E-state index in [1.54, 1.807) is 18.2 Å². The molecule has 8 nitrogen and oxygen atoms in total. The predicted molar refractivity (Wildman–Crippen MR) is 77.7 cm³/mol. The van der Waals surface area contributed by atoms with Gasteiger partial charge in [-0.15, -0.1) is 0 Å². The van der Waals surface area contributed by atoms with Crippen molar-refractivity contribution < 1.29 is 19.1 Å². The maximum atomic E-state index is 12.1. The third-order valence-corrected chi connectivity index (χ3v) is 3.03. The predicted octanol–water partition coefficient (Wildman–Crippen LogP) is 0.882. The summed E-state index contributed by atoms with van der Waals surface area (Å²) in [5, 5.41) is 9.19. The van der Waals surface area contributed by atoms with Gasteiger partial charge in [0.2, 0.25) is 0 Å². The third-order valence-electron chi connectivity index (χ3n) is 3.03. The van der Waals surface area contributed by atoms with Crippen molar-refractivity contribution in [3.63, 3.8) is 0 Å². The fraction of sp³-hybridized carbons (Fsp3) is 0.133. The van der Waals surface area contributed by atoms with Crippen LogP contribution in [0.25, 0.3) is 11.3 Å². The molecule has 8 heteroatoms. The van der Waals surface area contributed by atoms with E-state index in [2.05, 4.69) is 19.4 Å². The summed E-state index contributed by atoms with van der Waals surface area (Å²) in [5.41, 5.74) is -1.80. The molecule has 0 aliphatic rings. The summed E-state index contributed by atoms with van der Waals surface area (Å²) in [6.45, 7) is 0. The number of aromatic nitrogens is 2. The maximum Gasteiger partial charge on any atom is 0.355 e. The summed E-state index contributed by atoms with van der Waals surface area (Å²) in [6.07, 6.45) is 1.44. The minimum absolute atomic E-state index is 0.0274. The Bertz CT molecular complexity index is 865. The highest BCUT2D eigenvalue weighted by Gasteiger charge is 2.28. The fourth-order valence-corrected chi connectivity index (χ4v) is 2.04. The number of methoxy groups -OCH3 is 2. The average molecular weight is 313 g/mol. The van der Waals surface area contributed by atoms with Gasteiger partial charge in [0.05, 0.1) is 25.5 Å². The van der Waals surface area contributed by atoms with Gasteiger partial charge in [-0.05, 0) is 12.1 Å². The molecule has 0 aliphatic carbocycles. The third kappa shape index (κ3) is 2.80. The Balaban J connectivity index is 2.99. The fourth-order valence-electron chi connectivity index (χ4n) is 2.04. The molecule has 0 aliphatic heterocycles. The summed E-state index contributed by atoms with van der Waals surface area (Å²) in [5.74, 6) is -1.81. The van der Waals surface area contributed by atoms with Crippen LogP contribution in [-0.4, -0.2) is 36.1 Å². The summed E-state index contributed by atoms with van der Waals surface area (Å²) in [4.78, 5) is 42.4. The molecular weight excluding hydrogens is 302 g/mol. The number of carbonyl (C=O) groups excluding carboxylic acids is 2. The van der Waals surface area contributed by atoms with Crippen LogP contribution < -0.4 is 5.56 Å². The molecule has 0 radical (unpaired) electrons. The van der Waals surface area contributed by atoms with E-state index >= 15 is 0 Å². The molecule has 0 bridgehead atoms. The molecule has 2 aromatic rings. The van der Waals surface area contributed by atoms with Gasteiger partial charge in [-0.1, -0.05) is 6.07 Å². The van der Waals surface area contributed by atoms with Gasteiger partial charge in [0.1, 0.15) is 17.3 Å². The van der Waals surface area contributed by atoms with Gasteiger partial charge < -0.3 is 14.5 Å². The first-order valence-electron chi connectivity index (χ1n) is 6.33. The second-order valence-corrected chi connectivity index (χ2v) is 4.26. The van der Waals surface area contributed by atoms with Gasteiger partial charge in [0.25, 0.3) is 5.56 Å². The zero-order chi connectivity index (χ0) is 17.0. The highest BCUT2D eigenvalue weighted by atomic mass is 16.5. The lowest BCUT2D eigenvalue weighted by Gasteiger charge is -2.12. The Morgan fingerprint density at radius 2 is 1.91 bits per heavy atom. The molecule has 116 valence electrons. The van der Waals surface area contributed by atoms with Crippen LogP contribution in [0.2, 0.25) is 0 Å². The molecular formula is C15H11N3O5. The largest absolute Gasteiger partial charge is 0.465 e. The molecule has 0 atom stereocenters. The number of H-pyrrole nitrogens is 1. The van der Waals surface area contributed by atoms with Crippen LogP contribution in [0.3, 0.4) is 0 Å². The lowest BCUT2D eigenvalue weighted by molar-refractivity contribution is 0.0594. The quantitative estimate of drug-likeness (QED) is 0.834. The number of nitriles is 1. The van der Waals surface area contributed by atoms with E-state index in [4.69, 9.17) is 0 Å². The van der Waals surface area contributed by atoms with Gasteiger partial charge in [0.15, 0.2) is 0 Å². The first kappa shape index (κ1) is 15.9. The van der Waals surface area contributed by atoms with Crippen LogP contribution in [-0.2, 0) is 9.47 Å². The Kier molecular flexibility index (Phi) is 4.52. The summed E-state index contributed by atoms with van der Waals surface area (Å²) in [7, 11) is 2.23. The van der Waals surface area contributed by atoms with Gasteiger partial charge in [0, 0.05) is 11.8 Å². The number of rotatable bonds is 3. The molecule has 0 saturated heterocycles. The summed E-state index contributed by atoms with van der Waals surface area (Å²) in [6, 6.07) is 6.43. The van der Waals surface area contributed by atoms with Crippen LogP contribution in [0, 0.1) is 11.3 Å². The zero-order valence-corrected chi connectivity index (χ0v) is 12.2. The van der Waals surface area contributed by atoms with Crippen LogP contribution in [0.1, 0.15) is 26.4 Å². The number of pyridine rings is 2. The molecule has 0 unspecified atom stereocenters. The van der Waals surface area contributed by atoms with E-state index < -0.39 is 23.1 Å². The molecule has 0 spiro atoms. The molecule has 0 saturated carbocycles. The lowest BCUT2D eigenvalue weighted by atomic mass is 9.98. The molecule has 2 aromatic heterocycles. The topological polar surface area (TPSA) is 122 Å². The monoisotopic (exact) mass is 313 g/mol. The van der Waals surface area contributed by atoms with Crippen LogP contribution >= 0.6 is 0 Å². The first-order valence-corrected chi connectivity index (χ1v) is 6.33. The van der Waals surface area contributed by atoms with Crippen molar-refractivity contribution in [3.05, 3.63) is 51.6 Å². The summed E-state index contributed by atoms with van der Waals surface area (Å²) >= 11 is 0. The number of carbonyl (C=O) groups is 2. The molecule has 2 rings (SSSR count). The second kappa shape index (κ2) is 6.53. The van der Waals surface area contributed by atoms with E-state index in [0.717, 1.165) is 14.2 Å². The Morgan fingerprint density at radius 3 is 2.43 bits per heavy atom. The van der Waals surface area contributed by atoms with E-state index in [-0.39, 0.29) is 22.5 Å². The second-order valence-electron chi connectivity index (χ2n) is 4.26. The number of aromatic amines is 1. The molecule has 0 fully saturated rings. The normalized spacial score (nSPS) is 9.78. The van der Waals surface area contributed by atoms with Crippen LogP contribution in [0.5, 0.6) is 0 Å². The lowest BCUT2D eigenvalue weighted by Crippen LogP contribution is -2.24. The number of ether oxygens (including phenoxy) is 2. The van der Waals surface area contributed by atoms with Crippen molar-refractivity contribution in [1.29, 1.82) is 5.26 Å². The zero-order valence-electron chi connectivity index (χ0n) is 12.2. The SMILES string of the molecule is COC(=O)c1[nH]c(=O)c(C#N)c(C(=O)OC)c1-c1ccccn1. The van der Waals surface area contributed by atoms with Crippen molar-refractivity contribution >= 4 is 11.9 Å². The van der Waals surface area contributed by atoms with Crippen LogP contribution in [0.15, 0.2) is 29.2 Å². The van der Waals surface area contributed by atoms with Gasteiger partial charge in [-0.3, -0.25) is 9.78 Å². The molecule has 1 N–H and O–H groups in total. The van der Waals surface area contributed by atoms with E-state index in [1.807, 2.05) is 0 Å². The van der Waals surface area contributed by atoms with E-state index in [0.29, 0.717) is 0 Å². The Labute approximate surface area is 130 Å². The van der Waals surface area contributed by atoms with Crippen LogP contribution in [0.4, 0.5) is 0 Å². The van der Waals surface area contributed by atoms with E-state index in [9.17, 15) is 19.6 Å². The average Bonchev–Trinajstić information content (AvgIpc) is 2.59. The maximum absolute atomic E-state index is 12.1. The number of hydrogen-bond donors (Lipinski definition) is 1. The van der Waals surface area contributed by atoms with Gasteiger partial charge in [-0.2, -0.15) is 5.26 Å². The van der Waals surface area contributed by atoms with Crippen molar-refractivity contribution in [1.82, 2.24) is 9.97 Å². The minimum atomic E-state index is -0.932. The number of hydrogen-bond acceptors (Lipinski definition) is 7. The molecule has 23 heavy (non-hydrogen) atoms. The Hall–Kier alpha value is -3.47. The van der Waals surface area contributed by atoms with Crippen molar-refractivity contribution in [3.8, 4) is 17.3 Å². The Morgan fingerprint density at radius 1 is 1.22 bits per heavy atom. The first-order chi connectivity index (χ1) is 11.0. The highest BCUT2D eigenvalue weighted by molar-refractivity contribution is 6.05. The number of nitrogens with one attached hydrogen (secondary N) is 1. The molecule has 0 aromatic carbocycles. The van der Waals surface area contributed by atoms with Crippen molar-refractivity contribution in [2.24, 2.45) is 0 Å².